The Morgan fingerprint density at radius 1 is 1.47 bits per heavy atom. The van der Waals surface area contributed by atoms with Crippen molar-refractivity contribution in [2.45, 2.75) is 23.9 Å². The Morgan fingerprint density at radius 2 is 2.26 bits per heavy atom. The van der Waals surface area contributed by atoms with E-state index in [9.17, 15) is 18.3 Å². The number of thioether (sulfide) groups is 1. The van der Waals surface area contributed by atoms with Crippen molar-refractivity contribution in [2.75, 3.05) is 5.75 Å². The van der Waals surface area contributed by atoms with Gasteiger partial charge in [0.1, 0.15) is 0 Å². The summed E-state index contributed by atoms with van der Waals surface area (Å²) >= 11 is 2.47. The summed E-state index contributed by atoms with van der Waals surface area (Å²) in [7, 11) is 0. The summed E-state index contributed by atoms with van der Waals surface area (Å²) in [6.45, 7) is 0. The second kappa shape index (κ2) is 5.93. The standard InChI is InChI=1S/C10H10F3N3OS2/c11-10(12,13)4-6(17)5-19-9-14-8(15-16-9)7-2-1-3-18-7/h1-3,6,17H,4-5H2,(H,14,15,16)/t6-/m0/s1. The van der Waals surface area contributed by atoms with E-state index in [1.54, 1.807) is 0 Å². The molecule has 0 aliphatic rings. The fraction of sp³-hybridized carbons (Fsp3) is 0.400. The Labute approximate surface area is 115 Å². The molecule has 2 heterocycles. The first kappa shape index (κ1) is 14.4. The predicted molar refractivity (Wildman–Crippen MR) is 67.1 cm³/mol. The number of aromatic nitrogens is 3. The Bertz CT molecular complexity index is 512. The number of halogens is 3. The third-order valence-electron chi connectivity index (χ3n) is 2.09. The quantitative estimate of drug-likeness (QED) is 0.834. The van der Waals surface area contributed by atoms with Crippen molar-refractivity contribution in [3.8, 4) is 10.7 Å². The molecule has 1 atom stereocenters. The van der Waals surface area contributed by atoms with Gasteiger partial charge in [0.2, 0.25) is 5.16 Å². The zero-order chi connectivity index (χ0) is 13.9. The minimum Gasteiger partial charge on any atom is -0.392 e. The molecule has 9 heteroatoms. The van der Waals surface area contributed by atoms with E-state index in [0.717, 1.165) is 16.6 Å². The molecule has 0 fully saturated rings. The molecule has 104 valence electrons. The van der Waals surface area contributed by atoms with Gasteiger partial charge in [0.05, 0.1) is 17.4 Å². The van der Waals surface area contributed by atoms with E-state index in [1.165, 1.54) is 11.3 Å². The van der Waals surface area contributed by atoms with Gasteiger partial charge in [0.25, 0.3) is 0 Å². The van der Waals surface area contributed by atoms with E-state index in [1.807, 2.05) is 17.5 Å². The van der Waals surface area contributed by atoms with E-state index in [4.69, 9.17) is 0 Å². The zero-order valence-corrected chi connectivity index (χ0v) is 11.1. The molecule has 2 N–H and O–H groups in total. The average Bonchev–Trinajstić information content (AvgIpc) is 2.95. The number of thiophene rings is 1. The largest absolute Gasteiger partial charge is 0.392 e. The second-order valence-electron chi connectivity index (χ2n) is 3.73. The molecular weight excluding hydrogens is 299 g/mol. The summed E-state index contributed by atoms with van der Waals surface area (Å²) in [5, 5.41) is 18.0. The first-order chi connectivity index (χ1) is 8.94. The van der Waals surface area contributed by atoms with Gasteiger partial charge in [-0.3, -0.25) is 5.10 Å². The summed E-state index contributed by atoms with van der Waals surface area (Å²) in [5.74, 6) is 0.476. The Kier molecular flexibility index (Phi) is 4.48. The van der Waals surface area contributed by atoms with Crippen molar-refractivity contribution in [1.82, 2.24) is 15.2 Å². The zero-order valence-electron chi connectivity index (χ0n) is 9.52. The highest BCUT2D eigenvalue weighted by Crippen LogP contribution is 2.26. The lowest BCUT2D eigenvalue weighted by Gasteiger charge is -2.11. The van der Waals surface area contributed by atoms with Crippen LogP contribution in [0.2, 0.25) is 0 Å². The van der Waals surface area contributed by atoms with Gasteiger partial charge in [-0.2, -0.15) is 13.2 Å². The van der Waals surface area contributed by atoms with Crippen molar-refractivity contribution < 1.29 is 18.3 Å². The minimum absolute atomic E-state index is 0.0960. The van der Waals surface area contributed by atoms with Crippen molar-refractivity contribution in [3.05, 3.63) is 17.5 Å². The van der Waals surface area contributed by atoms with Crippen LogP contribution in [0.25, 0.3) is 10.7 Å². The summed E-state index contributed by atoms with van der Waals surface area (Å²) < 4.78 is 36.0. The number of hydrogen-bond donors (Lipinski definition) is 2. The van der Waals surface area contributed by atoms with E-state index >= 15 is 0 Å². The number of alkyl halides is 3. The van der Waals surface area contributed by atoms with E-state index in [-0.39, 0.29) is 5.75 Å². The predicted octanol–water partition coefficient (Wildman–Crippen LogP) is 2.94. The lowest BCUT2D eigenvalue weighted by atomic mass is 10.3. The Balaban J connectivity index is 1.87. The lowest BCUT2D eigenvalue weighted by molar-refractivity contribution is -0.150. The molecule has 2 rings (SSSR count). The van der Waals surface area contributed by atoms with Crippen molar-refractivity contribution in [2.24, 2.45) is 0 Å². The molecule has 0 saturated carbocycles. The van der Waals surface area contributed by atoms with E-state index < -0.39 is 18.7 Å². The van der Waals surface area contributed by atoms with Gasteiger partial charge in [0, 0.05) is 5.75 Å². The van der Waals surface area contributed by atoms with Crippen molar-refractivity contribution >= 4 is 23.1 Å². The van der Waals surface area contributed by atoms with Gasteiger partial charge >= 0.3 is 6.18 Å². The molecule has 2 aromatic rings. The number of aromatic amines is 1. The van der Waals surface area contributed by atoms with Gasteiger partial charge < -0.3 is 5.11 Å². The molecule has 0 aromatic carbocycles. The summed E-state index contributed by atoms with van der Waals surface area (Å²) in [4.78, 5) is 5.03. The average molecular weight is 309 g/mol. The second-order valence-corrected chi connectivity index (χ2v) is 5.66. The van der Waals surface area contributed by atoms with Crippen LogP contribution in [0.3, 0.4) is 0 Å². The topological polar surface area (TPSA) is 61.8 Å². The van der Waals surface area contributed by atoms with Gasteiger partial charge in [-0.15, -0.1) is 16.4 Å². The number of hydrogen-bond acceptors (Lipinski definition) is 5. The summed E-state index contributed by atoms with van der Waals surface area (Å²) in [6, 6.07) is 3.72. The van der Waals surface area contributed by atoms with Gasteiger partial charge in [-0.05, 0) is 11.4 Å². The maximum absolute atomic E-state index is 12.0. The van der Waals surface area contributed by atoms with Crippen molar-refractivity contribution in [1.29, 1.82) is 0 Å². The van der Waals surface area contributed by atoms with Gasteiger partial charge in [-0.25, -0.2) is 4.98 Å². The maximum Gasteiger partial charge on any atom is 0.391 e. The molecular formula is C10H10F3N3OS2. The van der Waals surface area contributed by atoms with Crippen LogP contribution in [0.1, 0.15) is 6.42 Å². The van der Waals surface area contributed by atoms with Crippen molar-refractivity contribution in [3.63, 3.8) is 0 Å². The number of rotatable bonds is 5. The summed E-state index contributed by atoms with van der Waals surface area (Å²) in [5.41, 5.74) is 0. The number of nitrogens with zero attached hydrogens (tertiary/aromatic N) is 2. The molecule has 0 amide bonds. The van der Waals surface area contributed by atoms with E-state index in [2.05, 4.69) is 15.2 Å². The normalized spacial score (nSPS) is 13.7. The molecule has 0 unspecified atom stereocenters. The highest BCUT2D eigenvalue weighted by Gasteiger charge is 2.31. The van der Waals surface area contributed by atoms with E-state index in [0.29, 0.717) is 11.0 Å². The molecule has 0 aliphatic heterocycles. The van der Waals surface area contributed by atoms with Crippen LogP contribution < -0.4 is 0 Å². The third kappa shape index (κ3) is 4.51. The highest BCUT2D eigenvalue weighted by molar-refractivity contribution is 7.99. The molecule has 0 radical (unpaired) electrons. The van der Waals surface area contributed by atoms with Crippen LogP contribution in [0.15, 0.2) is 22.7 Å². The maximum atomic E-state index is 12.0. The molecule has 4 nitrogen and oxygen atoms in total. The Hall–Kier alpha value is -1.06. The van der Waals surface area contributed by atoms with Crippen LogP contribution in [0.4, 0.5) is 13.2 Å². The lowest BCUT2D eigenvalue weighted by Crippen LogP contribution is -2.21. The summed E-state index contributed by atoms with van der Waals surface area (Å²) in [6.07, 6.45) is -7.03. The first-order valence-corrected chi connectivity index (χ1v) is 7.14. The number of nitrogens with one attached hydrogen (secondary N) is 1. The monoisotopic (exact) mass is 309 g/mol. The molecule has 2 aromatic heterocycles. The molecule has 0 bridgehead atoms. The third-order valence-corrected chi connectivity index (χ3v) is 3.96. The highest BCUT2D eigenvalue weighted by atomic mass is 32.2. The number of aliphatic hydroxyl groups is 1. The number of aliphatic hydroxyl groups excluding tert-OH is 1. The smallest absolute Gasteiger partial charge is 0.391 e. The van der Waals surface area contributed by atoms with Crippen LogP contribution in [0.5, 0.6) is 0 Å². The van der Waals surface area contributed by atoms with Crippen LogP contribution in [0, 0.1) is 0 Å². The molecule has 0 aliphatic carbocycles. The van der Waals surface area contributed by atoms with Gasteiger partial charge in [-0.1, -0.05) is 17.8 Å². The van der Waals surface area contributed by atoms with Crippen LogP contribution in [-0.2, 0) is 0 Å². The molecule has 19 heavy (non-hydrogen) atoms. The van der Waals surface area contributed by atoms with Crippen LogP contribution in [-0.4, -0.2) is 38.3 Å². The van der Waals surface area contributed by atoms with Gasteiger partial charge in [0.15, 0.2) is 5.82 Å². The fourth-order valence-electron chi connectivity index (χ4n) is 1.33. The first-order valence-electron chi connectivity index (χ1n) is 5.28. The van der Waals surface area contributed by atoms with Crippen LogP contribution >= 0.6 is 23.1 Å². The number of H-pyrrole nitrogens is 1. The SMILES string of the molecule is O[C@H](CSc1n[nH]c(-c2cccs2)n1)CC(F)(F)F. The Morgan fingerprint density at radius 3 is 2.89 bits per heavy atom. The fourth-order valence-corrected chi connectivity index (χ4v) is 2.72. The molecule has 0 saturated heterocycles. The molecule has 0 spiro atoms. The minimum atomic E-state index is -4.36.